The molecule has 0 radical (unpaired) electrons. The number of ether oxygens (including phenoxy) is 1. The zero-order chi connectivity index (χ0) is 13.6. The number of methoxy groups -OCH3 is 1. The van der Waals surface area contributed by atoms with Crippen molar-refractivity contribution in [3.05, 3.63) is 0 Å². The summed E-state index contributed by atoms with van der Waals surface area (Å²) in [6, 6.07) is 0. The molecule has 1 rings (SSSR count). The summed E-state index contributed by atoms with van der Waals surface area (Å²) in [5.41, 5.74) is 0.423. The molecule has 0 saturated heterocycles. The molecule has 108 valence electrons. The Bertz CT molecular complexity index is 217. The molecule has 0 spiro atoms. The third-order valence-electron chi connectivity index (χ3n) is 4.38. The second-order valence-electron chi connectivity index (χ2n) is 6.74. The first-order valence-corrected chi connectivity index (χ1v) is 7.33. The standard InChI is InChI=1S/C15H31NO2/c1-15(2,3)13-7-5-12(6-8-13)14(17)11-16-9-10-18-4/h12-14,16-17H,5-11H2,1-4H3. The summed E-state index contributed by atoms with van der Waals surface area (Å²) in [7, 11) is 1.70. The Morgan fingerprint density at radius 1 is 1.22 bits per heavy atom. The van der Waals surface area contributed by atoms with Gasteiger partial charge in [0.25, 0.3) is 0 Å². The first kappa shape index (κ1) is 15.9. The Labute approximate surface area is 112 Å². The van der Waals surface area contributed by atoms with Crippen LogP contribution in [0, 0.1) is 17.3 Å². The summed E-state index contributed by atoms with van der Waals surface area (Å²) >= 11 is 0. The first-order chi connectivity index (χ1) is 8.45. The average Bonchev–Trinajstić information content (AvgIpc) is 2.33. The molecule has 0 bridgehead atoms. The van der Waals surface area contributed by atoms with E-state index in [1.807, 2.05) is 0 Å². The van der Waals surface area contributed by atoms with Gasteiger partial charge in [0.2, 0.25) is 0 Å². The van der Waals surface area contributed by atoms with Crippen LogP contribution in [-0.4, -0.2) is 38.0 Å². The Kier molecular flexibility index (Phi) is 6.61. The number of aliphatic hydroxyl groups excluding tert-OH is 1. The second kappa shape index (κ2) is 7.46. The lowest BCUT2D eigenvalue weighted by Gasteiger charge is -2.38. The molecule has 1 aliphatic rings. The van der Waals surface area contributed by atoms with Gasteiger partial charge in [-0.25, -0.2) is 0 Å². The normalized spacial score (nSPS) is 27.2. The molecule has 0 aromatic carbocycles. The van der Waals surface area contributed by atoms with E-state index in [0.717, 1.165) is 12.5 Å². The molecule has 0 heterocycles. The van der Waals surface area contributed by atoms with Crippen molar-refractivity contribution in [1.82, 2.24) is 5.32 Å². The molecule has 0 amide bonds. The van der Waals surface area contributed by atoms with Gasteiger partial charge in [0.15, 0.2) is 0 Å². The van der Waals surface area contributed by atoms with E-state index >= 15 is 0 Å². The molecule has 1 unspecified atom stereocenters. The highest BCUT2D eigenvalue weighted by Crippen LogP contribution is 2.40. The summed E-state index contributed by atoms with van der Waals surface area (Å²) in [6.07, 6.45) is 4.69. The van der Waals surface area contributed by atoms with Crippen LogP contribution in [0.1, 0.15) is 46.5 Å². The molecule has 0 aromatic heterocycles. The fourth-order valence-electron chi connectivity index (χ4n) is 2.96. The highest BCUT2D eigenvalue weighted by Gasteiger charge is 2.31. The van der Waals surface area contributed by atoms with Crippen molar-refractivity contribution in [3.63, 3.8) is 0 Å². The largest absolute Gasteiger partial charge is 0.392 e. The lowest BCUT2D eigenvalue weighted by atomic mass is 9.69. The molecular formula is C15H31NO2. The van der Waals surface area contributed by atoms with E-state index in [0.29, 0.717) is 24.5 Å². The van der Waals surface area contributed by atoms with E-state index in [9.17, 15) is 5.11 Å². The van der Waals surface area contributed by atoms with Gasteiger partial charge in [0.05, 0.1) is 12.7 Å². The number of hydrogen-bond acceptors (Lipinski definition) is 3. The Balaban J connectivity index is 2.21. The van der Waals surface area contributed by atoms with Crippen LogP contribution in [0.2, 0.25) is 0 Å². The third-order valence-corrected chi connectivity index (χ3v) is 4.38. The van der Waals surface area contributed by atoms with Gasteiger partial charge in [0.1, 0.15) is 0 Å². The lowest BCUT2D eigenvalue weighted by Crippen LogP contribution is -2.37. The molecule has 1 fully saturated rings. The fourth-order valence-corrected chi connectivity index (χ4v) is 2.96. The Morgan fingerprint density at radius 3 is 2.33 bits per heavy atom. The van der Waals surface area contributed by atoms with E-state index in [1.54, 1.807) is 7.11 Å². The average molecular weight is 257 g/mol. The quantitative estimate of drug-likeness (QED) is 0.718. The molecule has 0 aromatic rings. The van der Waals surface area contributed by atoms with Gasteiger partial charge < -0.3 is 15.2 Å². The van der Waals surface area contributed by atoms with Crippen molar-refractivity contribution in [2.75, 3.05) is 26.8 Å². The lowest BCUT2D eigenvalue weighted by molar-refractivity contribution is 0.0523. The minimum Gasteiger partial charge on any atom is -0.392 e. The van der Waals surface area contributed by atoms with Crippen molar-refractivity contribution >= 4 is 0 Å². The molecule has 1 saturated carbocycles. The topological polar surface area (TPSA) is 41.5 Å². The van der Waals surface area contributed by atoms with Gasteiger partial charge in [-0.05, 0) is 42.9 Å². The third kappa shape index (κ3) is 5.25. The van der Waals surface area contributed by atoms with Crippen molar-refractivity contribution in [2.45, 2.75) is 52.6 Å². The number of hydrogen-bond donors (Lipinski definition) is 2. The number of nitrogens with one attached hydrogen (secondary N) is 1. The molecular weight excluding hydrogens is 226 g/mol. The maximum atomic E-state index is 10.2. The maximum absolute atomic E-state index is 10.2. The molecule has 3 nitrogen and oxygen atoms in total. The van der Waals surface area contributed by atoms with Gasteiger partial charge in [-0.2, -0.15) is 0 Å². The summed E-state index contributed by atoms with van der Waals surface area (Å²) in [6.45, 7) is 9.24. The van der Waals surface area contributed by atoms with E-state index in [4.69, 9.17) is 4.74 Å². The van der Waals surface area contributed by atoms with Crippen LogP contribution < -0.4 is 5.32 Å². The van der Waals surface area contributed by atoms with Gasteiger partial charge in [0, 0.05) is 20.2 Å². The van der Waals surface area contributed by atoms with Gasteiger partial charge in [-0.3, -0.25) is 0 Å². The first-order valence-electron chi connectivity index (χ1n) is 7.33. The molecule has 18 heavy (non-hydrogen) atoms. The van der Waals surface area contributed by atoms with Crippen molar-refractivity contribution in [3.8, 4) is 0 Å². The Hall–Kier alpha value is -0.120. The molecule has 1 aliphatic carbocycles. The minimum atomic E-state index is -0.192. The second-order valence-corrected chi connectivity index (χ2v) is 6.74. The van der Waals surface area contributed by atoms with Crippen LogP contribution in [0.5, 0.6) is 0 Å². The van der Waals surface area contributed by atoms with Crippen molar-refractivity contribution in [2.24, 2.45) is 17.3 Å². The van der Waals surface area contributed by atoms with Crippen LogP contribution >= 0.6 is 0 Å². The predicted octanol–water partition coefficient (Wildman–Crippen LogP) is 2.44. The van der Waals surface area contributed by atoms with Crippen LogP contribution in [0.4, 0.5) is 0 Å². The van der Waals surface area contributed by atoms with Gasteiger partial charge in [-0.15, -0.1) is 0 Å². The summed E-state index contributed by atoms with van der Waals surface area (Å²) in [4.78, 5) is 0. The van der Waals surface area contributed by atoms with Crippen molar-refractivity contribution < 1.29 is 9.84 Å². The summed E-state index contributed by atoms with van der Waals surface area (Å²) in [5.74, 6) is 1.31. The van der Waals surface area contributed by atoms with Crippen LogP contribution in [0.15, 0.2) is 0 Å². The monoisotopic (exact) mass is 257 g/mol. The smallest absolute Gasteiger partial charge is 0.0692 e. The van der Waals surface area contributed by atoms with Crippen LogP contribution in [0.3, 0.4) is 0 Å². The van der Waals surface area contributed by atoms with Gasteiger partial charge in [-0.1, -0.05) is 20.8 Å². The van der Waals surface area contributed by atoms with E-state index in [2.05, 4.69) is 26.1 Å². The Morgan fingerprint density at radius 2 is 1.83 bits per heavy atom. The summed E-state index contributed by atoms with van der Waals surface area (Å²) in [5, 5.41) is 13.4. The highest BCUT2D eigenvalue weighted by molar-refractivity contribution is 4.83. The van der Waals surface area contributed by atoms with Crippen LogP contribution in [0.25, 0.3) is 0 Å². The van der Waals surface area contributed by atoms with E-state index in [-0.39, 0.29) is 6.10 Å². The van der Waals surface area contributed by atoms with E-state index in [1.165, 1.54) is 25.7 Å². The SMILES string of the molecule is COCCNCC(O)C1CCC(C(C)(C)C)CC1. The number of rotatable bonds is 6. The van der Waals surface area contributed by atoms with Gasteiger partial charge >= 0.3 is 0 Å². The van der Waals surface area contributed by atoms with Crippen LogP contribution in [-0.2, 0) is 4.74 Å². The highest BCUT2D eigenvalue weighted by atomic mass is 16.5. The van der Waals surface area contributed by atoms with Crippen molar-refractivity contribution in [1.29, 1.82) is 0 Å². The molecule has 0 aliphatic heterocycles. The minimum absolute atomic E-state index is 0.192. The maximum Gasteiger partial charge on any atom is 0.0692 e. The zero-order valence-corrected chi connectivity index (χ0v) is 12.5. The molecule has 3 heteroatoms. The molecule has 1 atom stereocenters. The summed E-state index contributed by atoms with van der Waals surface area (Å²) < 4.78 is 4.98. The number of aliphatic hydroxyl groups is 1. The predicted molar refractivity (Wildman–Crippen MR) is 75.7 cm³/mol. The fraction of sp³-hybridized carbons (Fsp3) is 1.00. The van der Waals surface area contributed by atoms with E-state index < -0.39 is 0 Å². The molecule has 2 N–H and O–H groups in total. The zero-order valence-electron chi connectivity index (χ0n) is 12.5.